The van der Waals surface area contributed by atoms with Gasteiger partial charge in [-0.1, -0.05) is 12.1 Å². The molecule has 1 saturated carbocycles. The lowest BCUT2D eigenvalue weighted by Gasteiger charge is -2.22. The summed E-state index contributed by atoms with van der Waals surface area (Å²) in [4.78, 5) is 0. The SMILES string of the molecule is COc1cc(C)ccc1C(C)NC1CCC(OC)C1. The number of hydrogen-bond donors (Lipinski definition) is 1. The number of aryl methyl sites for hydroxylation is 1. The van der Waals surface area contributed by atoms with E-state index >= 15 is 0 Å². The zero-order chi connectivity index (χ0) is 13.8. The molecule has 19 heavy (non-hydrogen) atoms. The average molecular weight is 263 g/mol. The van der Waals surface area contributed by atoms with Gasteiger partial charge >= 0.3 is 0 Å². The second kappa shape index (κ2) is 6.40. The molecule has 3 nitrogen and oxygen atoms in total. The molecule has 0 bridgehead atoms. The van der Waals surface area contributed by atoms with Crippen molar-refractivity contribution in [1.29, 1.82) is 0 Å². The van der Waals surface area contributed by atoms with Gasteiger partial charge in [0.2, 0.25) is 0 Å². The molecule has 1 N–H and O–H groups in total. The molecule has 1 aliphatic carbocycles. The summed E-state index contributed by atoms with van der Waals surface area (Å²) in [6.07, 6.45) is 3.88. The normalized spacial score (nSPS) is 24.4. The molecular formula is C16H25NO2. The lowest BCUT2D eigenvalue weighted by Crippen LogP contribution is -2.30. The van der Waals surface area contributed by atoms with E-state index in [1.54, 1.807) is 14.2 Å². The Labute approximate surface area is 116 Å². The van der Waals surface area contributed by atoms with Crippen molar-refractivity contribution in [3.63, 3.8) is 0 Å². The summed E-state index contributed by atoms with van der Waals surface area (Å²) in [7, 11) is 3.54. The summed E-state index contributed by atoms with van der Waals surface area (Å²) in [5, 5.41) is 3.69. The summed E-state index contributed by atoms with van der Waals surface area (Å²) in [6.45, 7) is 4.29. The minimum atomic E-state index is 0.302. The predicted octanol–water partition coefficient (Wildman–Crippen LogP) is 3.22. The topological polar surface area (TPSA) is 30.5 Å². The van der Waals surface area contributed by atoms with Crippen molar-refractivity contribution in [2.75, 3.05) is 14.2 Å². The van der Waals surface area contributed by atoms with E-state index in [1.165, 1.54) is 17.5 Å². The molecule has 3 atom stereocenters. The van der Waals surface area contributed by atoms with Crippen molar-refractivity contribution in [3.05, 3.63) is 29.3 Å². The fourth-order valence-electron chi connectivity index (χ4n) is 2.92. The maximum Gasteiger partial charge on any atom is 0.123 e. The van der Waals surface area contributed by atoms with Crippen LogP contribution in [0.1, 0.15) is 43.4 Å². The van der Waals surface area contributed by atoms with Gasteiger partial charge in [-0.2, -0.15) is 0 Å². The highest BCUT2D eigenvalue weighted by molar-refractivity contribution is 5.39. The van der Waals surface area contributed by atoms with E-state index in [2.05, 4.69) is 37.4 Å². The van der Waals surface area contributed by atoms with E-state index in [-0.39, 0.29) is 0 Å². The molecule has 3 unspecified atom stereocenters. The highest BCUT2D eigenvalue weighted by Crippen LogP contribution is 2.29. The van der Waals surface area contributed by atoms with E-state index in [9.17, 15) is 0 Å². The van der Waals surface area contributed by atoms with Gasteiger partial charge in [0.15, 0.2) is 0 Å². The van der Waals surface area contributed by atoms with E-state index < -0.39 is 0 Å². The first-order valence-electron chi connectivity index (χ1n) is 7.07. The van der Waals surface area contributed by atoms with Gasteiger partial charge in [-0.25, -0.2) is 0 Å². The second-order valence-electron chi connectivity index (χ2n) is 5.50. The van der Waals surface area contributed by atoms with Crippen molar-refractivity contribution in [2.24, 2.45) is 0 Å². The maximum absolute atomic E-state index is 5.49. The third-order valence-corrected chi connectivity index (χ3v) is 4.06. The van der Waals surface area contributed by atoms with E-state index in [0.717, 1.165) is 18.6 Å². The smallest absolute Gasteiger partial charge is 0.123 e. The first-order valence-corrected chi connectivity index (χ1v) is 7.07. The van der Waals surface area contributed by atoms with Crippen LogP contribution in [0.5, 0.6) is 5.75 Å². The minimum Gasteiger partial charge on any atom is -0.496 e. The zero-order valence-electron chi connectivity index (χ0n) is 12.4. The van der Waals surface area contributed by atoms with Crippen molar-refractivity contribution < 1.29 is 9.47 Å². The Bertz CT molecular complexity index is 419. The van der Waals surface area contributed by atoms with Gasteiger partial charge in [0.25, 0.3) is 0 Å². The first kappa shape index (κ1) is 14.4. The molecular weight excluding hydrogens is 238 g/mol. The number of rotatable bonds is 5. The molecule has 0 radical (unpaired) electrons. The van der Waals surface area contributed by atoms with Gasteiger partial charge in [-0.15, -0.1) is 0 Å². The predicted molar refractivity (Wildman–Crippen MR) is 77.7 cm³/mol. The van der Waals surface area contributed by atoms with Crippen molar-refractivity contribution in [2.45, 2.75) is 51.3 Å². The number of ether oxygens (including phenoxy) is 2. The number of benzene rings is 1. The third-order valence-electron chi connectivity index (χ3n) is 4.06. The van der Waals surface area contributed by atoms with Gasteiger partial charge < -0.3 is 14.8 Å². The van der Waals surface area contributed by atoms with E-state index in [1.807, 2.05) is 0 Å². The lowest BCUT2D eigenvalue weighted by atomic mass is 10.0. The van der Waals surface area contributed by atoms with Crippen LogP contribution in [0.4, 0.5) is 0 Å². The molecule has 3 heteroatoms. The van der Waals surface area contributed by atoms with Crippen LogP contribution in [0, 0.1) is 6.92 Å². The second-order valence-corrected chi connectivity index (χ2v) is 5.50. The van der Waals surface area contributed by atoms with Crippen LogP contribution in [-0.4, -0.2) is 26.4 Å². The van der Waals surface area contributed by atoms with Crippen molar-refractivity contribution in [3.8, 4) is 5.75 Å². The van der Waals surface area contributed by atoms with Gasteiger partial charge in [0.05, 0.1) is 13.2 Å². The lowest BCUT2D eigenvalue weighted by molar-refractivity contribution is 0.106. The molecule has 0 saturated heterocycles. The number of hydrogen-bond acceptors (Lipinski definition) is 3. The molecule has 0 aromatic heterocycles. The van der Waals surface area contributed by atoms with Crippen LogP contribution in [-0.2, 0) is 4.74 Å². The summed E-state index contributed by atoms with van der Waals surface area (Å²) in [6, 6.07) is 7.25. The maximum atomic E-state index is 5.49. The van der Waals surface area contributed by atoms with Crippen LogP contribution < -0.4 is 10.1 Å². The molecule has 0 aliphatic heterocycles. The number of nitrogens with one attached hydrogen (secondary N) is 1. The monoisotopic (exact) mass is 263 g/mol. The summed E-state index contributed by atoms with van der Waals surface area (Å²) in [5.41, 5.74) is 2.46. The number of methoxy groups -OCH3 is 2. The fraction of sp³-hybridized carbons (Fsp3) is 0.625. The van der Waals surface area contributed by atoms with Gasteiger partial charge in [0.1, 0.15) is 5.75 Å². The van der Waals surface area contributed by atoms with E-state index in [0.29, 0.717) is 18.2 Å². The van der Waals surface area contributed by atoms with Crippen LogP contribution in [0.25, 0.3) is 0 Å². The third kappa shape index (κ3) is 3.48. The highest BCUT2D eigenvalue weighted by Gasteiger charge is 2.26. The van der Waals surface area contributed by atoms with Gasteiger partial charge in [-0.3, -0.25) is 0 Å². The summed E-state index contributed by atoms with van der Waals surface area (Å²) in [5.74, 6) is 0.973. The zero-order valence-corrected chi connectivity index (χ0v) is 12.4. The van der Waals surface area contributed by atoms with Gasteiger partial charge in [-0.05, 0) is 44.7 Å². The van der Waals surface area contributed by atoms with Crippen LogP contribution in [0.3, 0.4) is 0 Å². The quantitative estimate of drug-likeness (QED) is 0.884. The molecule has 1 aromatic rings. The Morgan fingerprint density at radius 2 is 2.05 bits per heavy atom. The van der Waals surface area contributed by atoms with E-state index in [4.69, 9.17) is 9.47 Å². The van der Waals surface area contributed by atoms with Crippen molar-refractivity contribution >= 4 is 0 Å². The van der Waals surface area contributed by atoms with Gasteiger partial charge in [0, 0.05) is 24.8 Å². The van der Waals surface area contributed by atoms with Crippen LogP contribution in [0.2, 0.25) is 0 Å². The van der Waals surface area contributed by atoms with Crippen molar-refractivity contribution in [1.82, 2.24) is 5.32 Å². The Morgan fingerprint density at radius 1 is 1.26 bits per heavy atom. The molecule has 106 valence electrons. The van der Waals surface area contributed by atoms with Crippen LogP contribution >= 0.6 is 0 Å². The molecule has 1 fully saturated rings. The first-order chi connectivity index (χ1) is 9.13. The summed E-state index contributed by atoms with van der Waals surface area (Å²) < 4.78 is 10.9. The Kier molecular flexibility index (Phi) is 4.83. The molecule has 2 rings (SSSR count). The minimum absolute atomic E-state index is 0.302. The Morgan fingerprint density at radius 3 is 2.68 bits per heavy atom. The summed E-state index contributed by atoms with van der Waals surface area (Å²) >= 11 is 0. The molecule has 1 aliphatic rings. The highest BCUT2D eigenvalue weighted by atomic mass is 16.5. The average Bonchev–Trinajstić information content (AvgIpc) is 2.86. The molecule has 0 amide bonds. The molecule has 1 aromatic carbocycles. The Balaban J connectivity index is 2.02. The Hall–Kier alpha value is -1.06. The fourth-order valence-corrected chi connectivity index (χ4v) is 2.92. The molecule has 0 spiro atoms. The largest absolute Gasteiger partial charge is 0.496 e. The standard InChI is InChI=1S/C16H25NO2/c1-11-5-8-15(16(9-11)19-4)12(2)17-13-6-7-14(10-13)18-3/h5,8-9,12-14,17H,6-7,10H2,1-4H3. The molecule has 0 heterocycles. The van der Waals surface area contributed by atoms with Crippen LogP contribution in [0.15, 0.2) is 18.2 Å².